The van der Waals surface area contributed by atoms with E-state index in [0.29, 0.717) is 35.8 Å². The zero-order chi connectivity index (χ0) is 22.1. The number of carbonyl (C=O) groups excluding carboxylic acids is 2. The summed E-state index contributed by atoms with van der Waals surface area (Å²) in [5, 5.41) is 19.8. The Balaban J connectivity index is 1.55. The zero-order valence-electron chi connectivity index (χ0n) is 17.0. The van der Waals surface area contributed by atoms with Gasteiger partial charge in [0.25, 0.3) is 11.8 Å². The van der Waals surface area contributed by atoms with Crippen molar-refractivity contribution < 1.29 is 14.0 Å². The van der Waals surface area contributed by atoms with Gasteiger partial charge in [0.15, 0.2) is 0 Å². The number of aromatic amines is 1. The van der Waals surface area contributed by atoms with E-state index in [9.17, 15) is 19.2 Å². The van der Waals surface area contributed by atoms with Crippen LogP contribution in [0.4, 0.5) is 9.39 Å². The Morgan fingerprint density at radius 2 is 2.16 bits per heavy atom. The lowest BCUT2D eigenvalue weighted by molar-refractivity contribution is 0.0731. The van der Waals surface area contributed by atoms with E-state index in [-0.39, 0.29) is 17.4 Å². The number of amides is 2. The fraction of sp³-hybridized carbons (Fsp3) is 0.273. The number of halogens is 1. The van der Waals surface area contributed by atoms with E-state index in [0.717, 1.165) is 22.2 Å². The number of rotatable bonds is 4. The molecule has 3 heterocycles. The van der Waals surface area contributed by atoms with Gasteiger partial charge < -0.3 is 10.2 Å². The molecule has 0 atom stereocenters. The highest BCUT2D eigenvalue weighted by Gasteiger charge is 2.29. The van der Waals surface area contributed by atoms with Crippen LogP contribution in [0, 0.1) is 17.1 Å². The first-order chi connectivity index (χ1) is 14.9. The summed E-state index contributed by atoms with van der Waals surface area (Å²) >= 11 is 1.27. The van der Waals surface area contributed by atoms with E-state index in [4.69, 9.17) is 0 Å². The monoisotopic (exact) mass is 437 g/mol. The summed E-state index contributed by atoms with van der Waals surface area (Å²) in [7, 11) is 0. The third kappa shape index (κ3) is 4.07. The molecule has 7 nitrogen and oxygen atoms in total. The van der Waals surface area contributed by atoms with Crippen molar-refractivity contribution in [3.63, 3.8) is 0 Å². The predicted octanol–water partition coefficient (Wildman–Crippen LogP) is 4.06. The van der Waals surface area contributed by atoms with Crippen molar-refractivity contribution in [2.45, 2.75) is 32.7 Å². The summed E-state index contributed by atoms with van der Waals surface area (Å²) in [6, 6.07) is 9.30. The first-order valence-electron chi connectivity index (χ1n) is 9.83. The molecule has 0 saturated heterocycles. The fourth-order valence-electron chi connectivity index (χ4n) is 3.49. The number of carbonyl (C=O) groups is 2. The molecule has 2 amide bonds. The van der Waals surface area contributed by atoms with Crippen molar-refractivity contribution in [1.29, 1.82) is 5.26 Å². The van der Waals surface area contributed by atoms with Gasteiger partial charge in [0.1, 0.15) is 22.6 Å². The molecule has 0 aliphatic carbocycles. The van der Waals surface area contributed by atoms with Gasteiger partial charge in [-0.1, -0.05) is 19.9 Å². The molecule has 158 valence electrons. The van der Waals surface area contributed by atoms with Gasteiger partial charge in [0.05, 0.1) is 12.1 Å². The van der Waals surface area contributed by atoms with Gasteiger partial charge in [-0.3, -0.25) is 14.7 Å². The molecule has 9 heteroatoms. The van der Waals surface area contributed by atoms with Crippen LogP contribution >= 0.6 is 11.3 Å². The van der Waals surface area contributed by atoms with Crippen LogP contribution in [0.25, 0.3) is 0 Å². The van der Waals surface area contributed by atoms with E-state index in [2.05, 4.69) is 21.6 Å². The number of benzene rings is 1. The van der Waals surface area contributed by atoms with Crippen molar-refractivity contribution in [3.8, 4) is 6.07 Å². The second kappa shape index (κ2) is 8.32. The van der Waals surface area contributed by atoms with E-state index in [1.165, 1.54) is 29.5 Å². The quantitative estimate of drug-likeness (QED) is 0.643. The molecular weight excluding hydrogens is 417 g/mol. The minimum absolute atomic E-state index is 0.173. The second-order valence-corrected chi connectivity index (χ2v) is 8.73. The molecule has 0 spiro atoms. The number of hydrogen-bond donors (Lipinski definition) is 2. The predicted molar refractivity (Wildman–Crippen MR) is 115 cm³/mol. The van der Waals surface area contributed by atoms with Gasteiger partial charge in [0, 0.05) is 22.7 Å². The van der Waals surface area contributed by atoms with Crippen LogP contribution in [0.5, 0.6) is 0 Å². The molecular formula is C22H20FN5O2S. The van der Waals surface area contributed by atoms with Gasteiger partial charge in [-0.15, -0.1) is 11.3 Å². The standard InChI is InChI=1S/C22H20FN5O2S/c1-12(2)17-9-18(27-26-17)22(30)28-7-6-15-16(10-24)21(31-19(15)11-28)25-20(29)13-4-3-5-14(23)8-13/h3-5,8-9,12H,6-7,11H2,1-2H3,(H,25,29)(H,26,27). The maximum absolute atomic E-state index is 13.4. The summed E-state index contributed by atoms with van der Waals surface area (Å²) in [5.74, 6) is -0.931. The van der Waals surface area contributed by atoms with Crippen LogP contribution < -0.4 is 5.32 Å². The van der Waals surface area contributed by atoms with Gasteiger partial charge in [-0.2, -0.15) is 10.4 Å². The van der Waals surface area contributed by atoms with Crippen LogP contribution in [-0.2, 0) is 13.0 Å². The number of H-pyrrole nitrogens is 1. The average Bonchev–Trinajstić information content (AvgIpc) is 3.37. The number of nitriles is 1. The number of fused-ring (bicyclic) bond motifs is 1. The third-order valence-electron chi connectivity index (χ3n) is 5.21. The number of nitrogens with one attached hydrogen (secondary N) is 2. The molecule has 2 N–H and O–H groups in total. The molecule has 1 aliphatic heterocycles. The third-order valence-corrected chi connectivity index (χ3v) is 6.34. The lowest BCUT2D eigenvalue weighted by Crippen LogP contribution is -2.35. The molecule has 2 aromatic heterocycles. The maximum Gasteiger partial charge on any atom is 0.274 e. The van der Waals surface area contributed by atoms with Crippen molar-refractivity contribution in [2.75, 3.05) is 11.9 Å². The number of hydrogen-bond acceptors (Lipinski definition) is 5. The van der Waals surface area contributed by atoms with Crippen molar-refractivity contribution in [2.24, 2.45) is 0 Å². The van der Waals surface area contributed by atoms with E-state index < -0.39 is 11.7 Å². The Hall–Kier alpha value is -3.51. The Bertz CT molecular complexity index is 1210. The SMILES string of the molecule is CC(C)c1cc(C(=O)N2CCc3c(sc(NC(=O)c4cccc(F)c4)c3C#N)C2)n[nH]1. The number of thiophene rings is 1. The Morgan fingerprint density at radius 3 is 2.84 bits per heavy atom. The molecule has 4 rings (SSSR count). The molecule has 1 aliphatic rings. The van der Waals surface area contributed by atoms with E-state index >= 15 is 0 Å². The summed E-state index contributed by atoms with van der Waals surface area (Å²) in [5.41, 5.74) is 2.68. The highest BCUT2D eigenvalue weighted by Crippen LogP contribution is 2.37. The lowest BCUT2D eigenvalue weighted by Gasteiger charge is -2.26. The highest BCUT2D eigenvalue weighted by molar-refractivity contribution is 7.16. The zero-order valence-corrected chi connectivity index (χ0v) is 17.8. The topological polar surface area (TPSA) is 102 Å². The molecule has 0 radical (unpaired) electrons. The molecule has 1 aromatic carbocycles. The average molecular weight is 438 g/mol. The van der Waals surface area contributed by atoms with Crippen LogP contribution in [0.3, 0.4) is 0 Å². The van der Waals surface area contributed by atoms with Crippen LogP contribution in [-0.4, -0.2) is 33.5 Å². The molecule has 0 fully saturated rings. The van der Waals surface area contributed by atoms with E-state index in [1.807, 2.05) is 13.8 Å². The second-order valence-electron chi connectivity index (χ2n) is 7.62. The molecule has 0 saturated carbocycles. The number of aromatic nitrogens is 2. The molecule has 31 heavy (non-hydrogen) atoms. The Kier molecular flexibility index (Phi) is 5.57. The maximum atomic E-state index is 13.4. The summed E-state index contributed by atoms with van der Waals surface area (Å²) in [6.45, 7) is 4.83. The van der Waals surface area contributed by atoms with Crippen LogP contribution in [0.2, 0.25) is 0 Å². The van der Waals surface area contributed by atoms with Gasteiger partial charge in [0.2, 0.25) is 0 Å². The molecule has 0 unspecified atom stereocenters. The summed E-state index contributed by atoms with van der Waals surface area (Å²) in [4.78, 5) is 27.9. The number of anilines is 1. The van der Waals surface area contributed by atoms with Crippen LogP contribution in [0.1, 0.15) is 62.3 Å². The highest BCUT2D eigenvalue weighted by atomic mass is 32.1. The van der Waals surface area contributed by atoms with Gasteiger partial charge >= 0.3 is 0 Å². The first-order valence-corrected chi connectivity index (χ1v) is 10.6. The minimum atomic E-state index is -0.508. The van der Waals surface area contributed by atoms with Crippen molar-refractivity contribution in [3.05, 3.63) is 69.1 Å². The van der Waals surface area contributed by atoms with Crippen molar-refractivity contribution in [1.82, 2.24) is 15.1 Å². The van der Waals surface area contributed by atoms with Gasteiger partial charge in [-0.25, -0.2) is 4.39 Å². The lowest BCUT2D eigenvalue weighted by atomic mass is 10.0. The summed E-state index contributed by atoms with van der Waals surface area (Å²) < 4.78 is 13.4. The Labute approximate surface area is 182 Å². The van der Waals surface area contributed by atoms with Gasteiger partial charge in [-0.05, 0) is 42.2 Å². The largest absolute Gasteiger partial charge is 0.332 e. The van der Waals surface area contributed by atoms with Crippen LogP contribution in [0.15, 0.2) is 30.3 Å². The van der Waals surface area contributed by atoms with E-state index in [1.54, 1.807) is 11.0 Å². The normalized spacial score (nSPS) is 13.1. The molecule has 3 aromatic rings. The fourth-order valence-corrected chi connectivity index (χ4v) is 4.70. The van der Waals surface area contributed by atoms with Crippen molar-refractivity contribution >= 4 is 28.2 Å². The summed E-state index contributed by atoms with van der Waals surface area (Å²) in [6.07, 6.45) is 0.512. The molecule has 0 bridgehead atoms. The number of nitrogens with zero attached hydrogens (tertiary/aromatic N) is 3. The minimum Gasteiger partial charge on any atom is -0.332 e. The first kappa shape index (κ1) is 20.8. The smallest absolute Gasteiger partial charge is 0.274 e. The Morgan fingerprint density at radius 1 is 1.35 bits per heavy atom.